The van der Waals surface area contributed by atoms with Crippen molar-refractivity contribution >= 4 is 45.4 Å². The van der Waals surface area contributed by atoms with Crippen molar-refractivity contribution in [2.45, 2.75) is 80.6 Å². The lowest BCUT2D eigenvalue weighted by Gasteiger charge is -2.46. The number of nitrogens with one attached hydrogen (secondary N) is 1. The molecule has 1 saturated carbocycles. The van der Waals surface area contributed by atoms with Crippen LogP contribution < -0.4 is 19.5 Å². The molecule has 2 aliphatic heterocycles. The number of amides is 2. The number of carboxylic acids is 1. The highest BCUT2D eigenvalue weighted by atomic mass is 79.9. The number of allylic oxidation sites excluding steroid dienone is 1. The number of carbonyl (C=O) groups is 2. The number of rotatable bonds is 15. The number of aliphatic hydroxyl groups is 1. The molecule has 4 atom stereocenters. The van der Waals surface area contributed by atoms with E-state index in [4.69, 9.17) is 19.0 Å². The Kier molecular flexibility index (Phi) is 12.2. The van der Waals surface area contributed by atoms with E-state index in [0.29, 0.717) is 59.9 Å². The maximum absolute atomic E-state index is 13.5. The monoisotopic (exact) mass is 745 g/mol. The highest BCUT2D eigenvalue weighted by Gasteiger charge is 2.61. The van der Waals surface area contributed by atoms with Gasteiger partial charge in [-0.2, -0.15) is 11.8 Å². The van der Waals surface area contributed by atoms with Crippen LogP contribution in [0.25, 0.3) is 0 Å². The molecule has 0 saturated heterocycles. The average Bonchev–Trinajstić information content (AvgIpc) is 3.34. The van der Waals surface area contributed by atoms with Gasteiger partial charge in [0.2, 0.25) is 6.61 Å². The van der Waals surface area contributed by atoms with Crippen LogP contribution in [0, 0.1) is 0 Å². The lowest BCUT2D eigenvalue weighted by atomic mass is 9.64. The van der Waals surface area contributed by atoms with Crippen molar-refractivity contribution in [3.63, 3.8) is 0 Å². The lowest BCUT2D eigenvalue weighted by Crippen LogP contribution is -2.56. The first-order chi connectivity index (χ1) is 23.2. The molecule has 48 heavy (non-hydrogen) atoms. The van der Waals surface area contributed by atoms with E-state index in [0.717, 1.165) is 41.7 Å². The number of unbranched alkanes of at least 4 members (excludes halogenated alkanes) is 2. The number of urea groups is 1. The Morgan fingerprint density at radius 2 is 2.06 bits per heavy atom. The normalized spacial score (nSPS) is 23.4. The van der Waals surface area contributed by atoms with Crippen LogP contribution in [-0.2, 0) is 27.3 Å². The van der Waals surface area contributed by atoms with Gasteiger partial charge in [0.25, 0.3) is 0 Å². The summed E-state index contributed by atoms with van der Waals surface area (Å²) in [5.74, 6) is 1.66. The van der Waals surface area contributed by atoms with Gasteiger partial charge in [0, 0.05) is 42.5 Å². The molecule has 2 heterocycles. The summed E-state index contributed by atoms with van der Waals surface area (Å²) in [6, 6.07) is 9.23. The first-order valence-electron chi connectivity index (χ1n) is 16.3. The van der Waals surface area contributed by atoms with Gasteiger partial charge in [0.1, 0.15) is 27.8 Å². The number of hydrogen-bond acceptors (Lipinski definition) is 9. The number of oxime groups is 1. The third kappa shape index (κ3) is 7.58. The largest absolute Gasteiger partial charge is 0.497 e. The molecule has 2 aromatic rings. The molecule has 1 fully saturated rings. The third-order valence-corrected chi connectivity index (χ3v) is 11.4. The minimum atomic E-state index is -1.10. The van der Waals surface area contributed by atoms with Crippen molar-refractivity contribution < 1.29 is 38.9 Å². The number of methoxy groups -OCH3 is 1. The van der Waals surface area contributed by atoms with E-state index in [1.807, 2.05) is 43.3 Å². The summed E-state index contributed by atoms with van der Waals surface area (Å²) in [6.45, 7) is 6.16. The second-order valence-electron chi connectivity index (χ2n) is 12.2. The summed E-state index contributed by atoms with van der Waals surface area (Å²) in [5.41, 5.74) is 3.12. The standard InChI is InChI=1S/C35H44BrN3O8S/c1-4-6-7-8-13-45-27-14-23-18-39(34(43)37-5-2)25(19-40)17-35-28(47-33(31(23)35)32(27)36)15-24(38-46-20-30(41)42)16-29(35)48-21-22-9-11-26(44-3)12-10-22/h4,9-12,14,25,28-29,40H,1,5-8,13,15-21H2,2-3H3,(H,37,43)(H,41,42)/b38-24-/t25-,28+,29+,35?/m0/s1. The molecule has 2 aromatic carbocycles. The number of nitrogens with zero attached hydrogens (tertiary/aromatic N) is 2. The van der Waals surface area contributed by atoms with Gasteiger partial charge < -0.3 is 39.5 Å². The number of thioether (sulfide) groups is 1. The fraction of sp³-hybridized carbons (Fsp3) is 0.514. The van der Waals surface area contributed by atoms with Crippen molar-refractivity contribution in [2.24, 2.45) is 5.16 Å². The second-order valence-corrected chi connectivity index (χ2v) is 14.2. The fourth-order valence-electron chi connectivity index (χ4n) is 6.99. The van der Waals surface area contributed by atoms with E-state index in [1.165, 1.54) is 0 Å². The Hall–Kier alpha value is -3.42. The van der Waals surface area contributed by atoms with Crippen molar-refractivity contribution in [1.29, 1.82) is 0 Å². The fourth-order valence-corrected chi connectivity index (χ4v) is 9.07. The molecule has 2 amide bonds. The molecular weight excluding hydrogens is 702 g/mol. The van der Waals surface area contributed by atoms with Crippen molar-refractivity contribution in [1.82, 2.24) is 10.2 Å². The van der Waals surface area contributed by atoms with Gasteiger partial charge >= 0.3 is 12.0 Å². The quantitative estimate of drug-likeness (QED) is 0.113. The van der Waals surface area contributed by atoms with E-state index in [9.17, 15) is 19.8 Å². The van der Waals surface area contributed by atoms with Crippen LogP contribution in [0.1, 0.15) is 62.1 Å². The number of benzene rings is 2. The Bertz CT molecular complexity index is 1510. The van der Waals surface area contributed by atoms with Crippen LogP contribution in [-0.4, -0.2) is 83.7 Å². The van der Waals surface area contributed by atoms with Gasteiger partial charge in [-0.25, -0.2) is 9.59 Å². The lowest BCUT2D eigenvalue weighted by molar-refractivity contribution is -0.142. The Morgan fingerprint density at radius 1 is 1.27 bits per heavy atom. The van der Waals surface area contributed by atoms with Crippen molar-refractivity contribution in [2.75, 3.05) is 33.5 Å². The van der Waals surface area contributed by atoms with Crippen LogP contribution in [0.4, 0.5) is 4.79 Å². The molecule has 0 aromatic heterocycles. The topological polar surface area (TPSA) is 139 Å². The van der Waals surface area contributed by atoms with Gasteiger partial charge in [-0.05, 0) is 77.9 Å². The van der Waals surface area contributed by atoms with Crippen LogP contribution >= 0.6 is 27.7 Å². The first kappa shape index (κ1) is 35.9. The molecule has 0 bridgehead atoms. The zero-order chi connectivity index (χ0) is 34.3. The molecule has 260 valence electrons. The minimum Gasteiger partial charge on any atom is -0.497 e. The Morgan fingerprint density at radius 3 is 2.75 bits per heavy atom. The van der Waals surface area contributed by atoms with Crippen LogP contribution in [0.5, 0.6) is 17.2 Å². The highest BCUT2D eigenvalue weighted by Crippen LogP contribution is 2.61. The number of halogens is 1. The van der Waals surface area contributed by atoms with Gasteiger partial charge in [0.05, 0.1) is 37.5 Å². The molecule has 1 aliphatic carbocycles. The van der Waals surface area contributed by atoms with Crippen LogP contribution in [0.2, 0.25) is 0 Å². The van der Waals surface area contributed by atoms with Gasteiger partial charge in [-0.15, -0.1) is 6.58 Å². The Balaban J connectivity index is 1.60. The molecule has 3 N–H and O–H groups in total. The van der Waals surface area contributed by atoms with Crippen LogP contribution in [0.3, 0.4) is 0 Å². The predicted octanol–water partition coefficient (Wildman–Crippen LogP) is 6.04. The molecule has 0 radical (unpaired) electrons. The number of hydrogen-bond donors (Lipinski definition) is 3. The summed E-state index contributed by atoms with van der Waals surface area (Å²) < 4.78 is 19.3. The zero-order valence-corrected chi connectivity index (χ0v) is 29.8. The predicted molar refractivity (Wildman–Crippen MR) is 188 cm³/mol. The van der Waals surface area contributed by atoms with E-state index in [-0.39, 0.29) is 24.4 Å². The number of aliphatic hydroxyl groups excluding tert-OH is 1. The number of aliphatic carboxylic acids is 1. The van der Waals surface area contributed by atoms with Crippen molar-refractivity contribution in [3.05, 3.63) is 64.1 Å². The average molecular weight is 747 g/mol. The van der Waals surface area contributed by atoms with Gasteiger partial charge in [-0.3, -0.25) is 0 Å². The minimum absolute atomic E-state index is 0.119. The third-order valence-electron chi connectivity index (χ3n) is 9.19. The Labute approximate surface area is 294 Å². The van der Waals surface area contributed by atoms with E-state index in [1.54, 1.807) is 23.8 Å². The molecular formula is C35H44BrN3O8S. The second kappa shape index (κ2) is 16.3. The summed E-state index contributed by atoms with van der Waals surface area (Å²) >= 11 is 5.58. The molecule has 5 rings (SSSR count). The van der Waals surface area contributed by atoms with E-state index < -0.39 is 30.1 Å². The van der Waals surface area contributed by atoms with Gasteiger partial charge in [0.15, 0.2) is 0 Å². The summed E-state index contributed by atoms with van der Waals surface area (Å²) in [6.07, 6.45) is 5.58. The summed E-state index contributed by atoms with van der Waals surface area (Å²) in [7, 11) is 1.64. The molecule has 13 heteroatoms. The van der Waals surface area contributed by atoms with E-state index in [2.05, 4.69) is 33.0 Å². The van der Waals surface area contributed by atoms with Gasteiger partial charge in [-0.1, -0.05) is 23.4 Å². The first-order valence-corrected chi connectivity index (χ1v) is 18.1. The zero-order valence-electron chi connectivity index (χ0n) is 27.4. The number of carbonyl (C=O) groups excluding carboxylic acids is 1. The number of ether oxygens (including phenoxy) is 3. The molecule has 1 spiro atoms. The number of carboxylic acid groups (broad SMARTS) is 1. The summed E-state index contributed by atoms with van der Waals surface area (Å²) in [5, 5.41) is 27.1. The molecule has 1 unspecified atom stereocenters. The van der Waals surface area contributed by atoms with E-state index >= 15 is 0 Å². The maximum atomic E-state index is 13.5. The highest BCUT2D eigenvalue weighted by molar-refractivity contribution is 9.10. The van der Waals surface area contributed by atoms with Crippen molar-refractivity contribution in [3.8, 4) is 17.2 Å². The molecule has 3 aliphatic rings. The smallest absolute Gasteiger partial charge is 0.344 e. The van der Waals surface area contributed by atoms with Crippen LogP contribution in [0.15, 0.2) is 52.6 Å². The maximum Gasteiger partial charge on any atom is 0.344 e. The summed E-state index contributed by atoms with van der Waals surface area (Å²) in [4.78, 5) is 31.7. The SMILES string of the molecule is C=CCCCCOc1cc2c3c(c1Br)O[C@@H]1C/C(=N/OCC(=O)O)C[C@@H](SCc4ccc(OC)cc4)C31C[C@@H](CO)N(C(=O)NCC)C2. The molecule has 11 nitrogen and oxygen atoms in total.